The quantitative estimate of drug-likeness (QED) is 0.169. The molecule has 45 heavy (non-hydrogen) atoms. The Balaban J connectivity index is 1.51. The maximum absolute atomic E-state index is 14.8. The van der Waals surface area contributed by atoms with Gasteiger partial charge in [-0.3, -0.25) is 9.59 Å². The fraction of sp³-hybridized carbons (Fsp3) is 0.243. The number of aryl methyl sites for hydroxylation is 1. The molecule has 0 saturated carbocycles. The van der Waals surface area contributed by atoms with Crippen LogP contribution in [-0.2, 0) is 33.8 Å². The molecule has 8 nitrogen and oxygen atoms in total. The summed E-state index contributed by atoms with van der Waals surface area (Å²) >= 11 is 0. The van der Waals surface area contributed by atoms with Gasteiger partial charge in [0.2, 0.25) is 0 Å². The summed E-state index contributed by atoms with van der Waals surface area (Å²) in [4.78, 5) is 29.4. The SMILES string of the molecule is COCOc1ccc(OCOC)c2c1C(=O)C1=C(C2=O)[C@H](OCc2ccccc2)Cc2cc(C)cc(OCc3ccccc3)c21. The van der Waals surface area contributed by atoms with Gasteiger partial charge in [0.05, 0.1) is 23.8 Å². The topological polar surface area (TPSA) is 89.5 Å². The van der Waals surface area contributed by atoms with Crippen molar-refractivity contribution in [2.75, 3.05) is 27.8 Å². The first-order valence-corrected chi connectivity index (χ1v) is 14.7. The van der Waals surface area contributed by atoms with Crippen molar-refractivity contribution in [3.8, 4) is 17.2 Å². The predicted molar refractivity (Wildman–Crippen MR) is 168 cm³/mol. The van der Waals surface area contributed by atoms with Crippen molar-refractivity contribution in [1.82, 2.24) is 0 Å². The summed E-state index contributed by atoms with van der Waals surface area (Å²) in [5.41, 5.74) is 5.10. The monoisotopic (exact) mass is 606 g/mol. The second-order valence-corrected chi connectivity index (χ2v) is 10.9. The number of hydrogen-bond donors (Lipinski definition) is 0. The van der Waals surface area contributed by atoms with Crippen LogP contribution in [0.1, 0.15) is 48.5 Å². The molecule has 0 bridgehead atoms. The zero-order valence-corrected chi connectivity index (χ0v) is 25.5. The summed E-state index contributed by atoms with van der Waals surface area (Å²) in [6.07, 6.45) is -0.313. The van der Waals surface area contributed by atoms with Crippen LogP contribution < -0.4 is 14.2 Å². The molecule has 0 heterocycles. The molecule has 0 radical (unpaired) electrons. The highest BCUT2D eigenvalue weighted by Crippen LogP contribution is 2.48. The first-order chi connectivity index (χ1) is 22.0. The first-order valence-electron chi connectivity index (χ1n) is 14.7. The summed E-state index contributed by atoms with van der Waals surface area (Å²) in [5.74, 6) is 0.217. The molecule has 0 spiro atoms. The van der Waals surface area contributed by atoms with E-state index in [1.807, 2.05) is 79.7 Å². The lowest BCUT2D eigenvalue weighted by molar-refractivity contribution is 0.0458. The third-order valence-corrected chi connectivity index (χ3v) is 7.83. The van der Waals surface area contributed by atoms with Crippen LogP contribution in [0.3, 0.4) is 0 Å². The van der Waals surface area contributed by atoms with E-state index in [1.54, 1.807) is 12.1 Å². The number of allylic oxidation sites excluding steroid dienone is 1. The van der Waals surface area contributed by atoms with Gasteiger partial charge >= 0.3 is 0 Å². The molecule has 0 saturated heterocycles. The minimum atomic E-state index is -0.695. The molecular formula is C37H34O8. The summed E-state index contributed by atoms with van der Waals surface area (Å²) in [5, 5.41) is 0. The number of carbonyl (C=O) groups is 2. The Kier molecular flexibility index (Phi) is 9.07. The van der Waals surface area contributed by atoms with Crippen LogP contribution in [0.15, 0.2) is 90.5 Å². The van der Waals surface area contributed by atoms with Gasteiger partial charge in [-0.2, -0.15) is 0 Å². The second-order valence-electron chi connectivity index (χ2n) is 10.9. The Labute approximate surface area is 262 Å². The van der Waals surface area contributed by atoms with Crippen LogP contribution in [0.25, 0.3) is 5.57 Å². The number of carbonyl (C=O) groups excluding carboxylic acids is 2. The molecule has 0 amide bonds. The number of benzene rings is 4. The normalized spacial score (nSPS) is 15.3. The molecule has 2 aliphatic rings. The molecule has 0 N–H and O–H groups in total. The molecular weight excluding hydrogens is 572 g/mol. The fourth-order valence-corrected chi connectivity index (χ4v) is 5.89. The van der Waals surface area contributed by atoms with E-state index in [9.17, 15) is 9.59 Å². The van der Waals surface area contributed by atoms with Gasteiger partial charge in [-0.1, -0.05) is 66.7 Å². The van der Waals surface area contributed by atoms with Gasteiger partial charge in [0, 0.05) is 37.4 Å². The third kappa shape index (κ3) is 6.13. The standard InChI is InChI=1S/C37H34O8/c1-23-16-26-18-30(43-20-25-12-8-5-9-13-25)34-35(31(26)29(17-23)42-19-24-10-6-4-7-11-24)37(39)33-28(45-22-41-3)15-14-27(44-21-40-2)32(33)36(34)38/h4-17,30H,18-22H2,1-3H3/t30-/m1/s1. The molecule has 1 atom stereocenters. The predicted octanol–water partition coefficient (Wildman–Crippen LogP) is 6.51. The van der Waals surface area contributed by atoms with Crippen molar-refractivity contribution in [2.45, 2.75) is 32.7 Å². The number of ketones is 2. The maximum atomic E-state index is 14.8. The first kappa shape index (κ1) is 30.3. The Hall–Kier alpha value is -4.76. The van der Waals surface area contributed by atoms with E-state index in [-0.39, 0.29) is 65.5 Å². The largest absolute Gasteiger partial charge is 0.488 e. The molecule has 0 fully saturated rings. The molecule has 0 aromatic heterocycles. The molecule has 8 heteroatoms. The lowest BCUT2D eigenvalue weighted by Crippen LogP contribution is -2.35. The molecule has 2 aliphatic carbocycles. The van der Waals surface area contributed by atoms with Gasteiger partial charge in [0.1, 0.15) is 23.9 Å². The van der Waals surface area contributed by atoms with Crippen LogP contribution in [0.4, 0.5) is 0 Å². The molecule has 0 aliphatic heterocycles. The number of ether oxygens (including phenoxy) is 6. The summed E-state index contributed by atoms with van der Waals surface area (Å²) < 4.78 is 34.7. The second kappa shape index (κ2) is 13.5. The van der Waals surface area contributed by atoms with Crippen molar-refractivity contribution >= 4 is 17.1 Å². The van der Waals surface area contributed by atoms with E-state index in [0.717, 1.165) is 22.3 Å². The van der Waals surface area contributed by atoms with Gasteiger partial charge in [-0.05, 0) is 47.4 Å². The smallest absolute Gasteiger partial charge is 0.198 e. The maximum Gasteiger partial charge on any atom is 0.198 e. The van der Waals surface area contributed by atoms with Crippen molar-refractivity contribution in [3.63, 3.8) is 0 Å². The van der Waals surface area contributed by atoms with Crippen molar-refractivity contribution in [2.24, 2.45) is 0 Å². The van der Waals surface area contributed by atoms with Crippen LogP contribution in [0, 0.1) is 6.92 Å². The Morgan fingerprint density at radius 1 is 0.644 bits per heavy atom. The van der Waals surface area contributed by atoms with E-state index in [4.69, 9.17) is 28.4 Å². The van der Waals surface area contributed by atoms with Gasteiger partial charge < -0.3 is 28.4 Å². The van der Waals surface area contributed by atoms with Crippen molar-refractivity contribution in [3.05, 3.63) is 129 Å². The molecule has 230 valence electrons. The van der Waals surface area contributed by atoms with Gasteiger partial charge in [0.25, 0.3) is 0 Å². The zero-order chi connectivity index (χ0) is 31.3. The van der Waals surface area contributed by atoms with Gasteiger partial charge in [-0.15, -0.1) is 0 Å². The minimum absolute atomic E-state index is 0.105. The minimum Gasteiger partial charge on any atom is -0.488 e. The highest BCUT2D eigenvalue weighted by molar-refractivity contribution is 6.43. The van der Waals surface area contributed by atoms with Gasteiger partial charge in [0.15, 0.2) is 25.2 Å². The molecule has 6 rings (SSSR count). The van der Waals surface area contributed by atoms with E-state index < -0.39 is 6.10 Å². The fourth-order valence-electron chi connectivity index (χ4n) is 5.89. The summed E-state index contributed by atoms with van der Waals surface area (Å²) in [7, 11) is 2.97. The third-order valence-electron chi connectivity index (χ3n) is 7.83. The number of Topliss-reactive ketones (excluding diaryl/α,β-unsaturated/α-hetero) is 2. The Morgan fingerprint density at radius 3 is 1.82 bits per heavy atom. The van der Waals surface area contributed by atoms with Crippen LogP contribution in [0.2, 0.25) is 0 Å². The Morgan fingerprint density at radius 2 is 1.22 bits per heavy atom. The number of methoxy groups -OCH3 is 2. The van der Waals surface area contributed by atoms with Crippen LogP contribution >= 0.6 is 0 Å². The molecule has 4 aromatic carbocycles. The van der Waals surface area contributed by atoms with E-state index in [1.165, 1.54) is 14.2 Å². The lowest BCUT2D eigenvalue weighted by Gasteiger charge is -2.34. The van der Waals surface area contributed by atoms with E-state index >= 15 is 0 Å². The van der Waals surface area contributed by atoms with E-state index in [2.05, 4.69) is 0 Å². The highest BCUT2D eigenvalue weighted by atomic mass is 16.7. The number of fused-ring (bicyclic) bond motifs is 3. The summed E-state index contributed by atoms with van der Waals surface area (Å²) in [6, 6.07) is 26.7. The van der Waals surface area contributed by atoms with Crippen molar-refractivity contribution in [1.29, 1.82) is 0 Å². The highest BCUT2D eigenvalue weighted by Gasteiger charge is 2.45. The van der Waals surface area contributed by atoms with Gasteiger partial charge in [-0.25, -0.2) is 0 Å². The number of hydrogen-bond acceptors (Lipinski definition) is 8. The van der Waals surface area contributed by atoms with Crippen molar-refractivity contribution < 1.29 is 38.0 Å². The lowest BCUT2D eigenvalue weighted by atomic mass is 9.72. The van der Waals surface area contributed by atoms with E-state index in [0.29, 0.717) is 24.3 Å². The average molecular weight is 607 g/mol. The molecule has 0 unspecified atom stereocenters. The van der Waals surface area contributed by atoms with Crippen LogP contribution in [-0.4, -0.2) is 45.5 Å². The Bertz CT molecular complexity index is 1740. The average Bonchev–Trinajstić information content (AvgIpc) is 3.06. The zero-order valence-electron chi connectivity index (χ0n) is 25.5. The number of rotatable bonds is 12. The molecule has 4 aromatic rings. The van der Waals surface area contributed by atoms with Crippen LogP contribution in [0.5, 0.6) is 17.2 Å². The summed E-state index contributed by atoms with van der Waals surface area (Å²) in [6.45, 7) is 2.33.